The third-order valence-corrected chi connectivity index (χ3v) is 3.29. The normalized spacial score (nSPS) is 17.5. The van der Waals surface area contributed by atoms with Crippen molar-refractivity contribution in [1.82, 2.24) is 4.90 Å². The first-order chi connectivity index (χ1) is 10.1. The molecule has 0 radical (unpaired) electrons. The van der Waals surface area contributed by atoms with E-state index in [1.54, 1.807) is 36.2 Å². The summed E-state index contributed by atoms with van der Waals surface area (Å²) < 4.78 is 10.6. The summed E-state index contributed by atoms with van der Waals surface area (Å²) in [5.41, 5.74) is 0.471. The van der Waals surface area contributed by atoms with Gasteiger partial charge in [-0.15, -0.1) is 0 Å². The van der Waals surface area contributed by atoms with Crippen LogP contribution in [-0.2, 0) is 9.53 Å². The number of carbonyl (C=O) groups is 2. The van der Waals surface area contributed by atoms with Gasteiger partial charge in [0, 0.05) is 25.8 Å². The van der Waals surface area contributed by atoms with Gasteiger partial charge in [-0.05, 0) is 31.0 Å². The highest BCUT2D eigenvalue weighted by Crippen LogP contribution is 2.17. The van der Waals surface area contributed by atoms with Gasteiger partial charge in [-0.3, -0.25) is 4.79 Å². The van der Waals surface area contributed by atoms with E-state index in [0.29, 0.717) is 17.9 Å². The van der Waals surface area contributed by atoms with Crippen molar-refractivity contribution >= 4 is 11.9 Å². The highest BCUT2D eigenvalue weighted by molar-refractivity contribution is 5.94. The number of nitrogens with zero attached hydrogens (tertiary/aromatic N) is 1. The molecule has 1 atom stereocenters. The summed E-state index contributed by atoms with van der Waals surface area (Å²) in [5.74, 6) is -0.817. The summed E-state index contributed by atoms with van der Waals surface area (Å²) in [5, 5.41) is 8.59. The van der Waals surface area contributed by atoms with Crippen molar-refractivity contribution in [2.24, 2.45) is 0 Å². The first-order valence-corrected chi connectivity index (χ1v) is 6.88. The molecule has 21 heavy (non-hydrogen) atoms. The molecule has 1 amide bonds. The van der Waals surface area contributed by atoms with E-state index in [-0.39, 0.29) is 12.0 Å². The smallest absolute Gasteiger partial charge is 0.341 e. The Morgan fingerprint density at radius 1 is 1.48 bits per heavy atom. The van der Waals surface area contributed by atoms with Gasteiger partial charge >= 0.3 is 5.97 Å². The third kappa shape index (κ3) is 4.46. The minimum absolute atomic E-state index is 0.102. The van der Waals surface area contributed by atoms with Gasteiger partial charge in [0.25, 0.3) is 5.91 Å². The summed E-state index contributed by atoms with van der Waals surface area (Å²) in [4.78, 5) is 24.4. The van der Waals surface area contributed by atoms with E-state index in [1.807, 2.05) is 0 Å². The molecule has 1 aromatic rings. The van der Waals surface area contributed by atoms with Crippen molar-refractivity contribution in [1.29, 1.82) is 0 Å². The second-order valence-electron chi connectivity index (χ2n) is 5.03. The Labute approximate surface area is 123 Å². The molecule has 0 aromatic heterocycles. The van der Waals surface area contributed by atoms with E-state index in [2.05, 4.69) is 0 Å². The molecule has 1 fully saturated rings. The number of ether oxygens (including phenoxy) is 2. The molecule has 1 N–H and O–H groups in total. The fraction of sp³-hybridized carbons (Fsp3) is 0.467. The number of carbonyl (C=O) groups excluding carboxylic acids is 1. The lowest BCUT2D eigenvalue weighted by molar-refractivity contribution is -0.139. The lowest BCUT2D eigenvalue weighted by Gasteiger charge is -2.21. The standard InChI is InChI=1S/C15H19NO5/c1-16(9-13-6-3-7-20-13)15(19)11-4-2-5-12(8-11)21-10-14(17)18/h2,4-5,8,13H,3,6-7,9-10H2,1H3,(H,17,18)/t13-/m0/s1. The number of carboxylic acids is 1. The van der Waals surface area contributed by atoms with E-state index >= 15 is 0 Å². The van der Waals surface area contributed by atoms with Crippen molar-refractivity contribution < 1.29 is 24.2 Å². The van der Waals surface area contributed by atoms with Crippen LogP contribution < -0.4 is 4.74 Å². The lowest BCUT2D eigenvalue weighted by Crippen LogP contribution is -2.34. The zero-order valence-corrected chi connectivity index (χ0v) is 11.9. The topological polar surface area (TPSA) is 76.1 Å². The van der Waals surface area contributed by atoms with E-state index < -0.39 is 12.6 Å². The Kier molecular flexibility index (Phi) is 5.16. The van der Waals surface area contributed by atoms with Gasteiger partial charge in [-0.1, -0.05) is 6.07 Å². The van der Waals surface area contributed by atoms with Crippen molar-refractivity contribution in [2.75, 3.05) is 26.8 Å². The van der Waals surface area contributed by atoms with E-state index in [1.165, 1.54) is 0 Å². The molecule has 0 bridgehead atoms. The minimum Gasteiger partial charge on any atom is -0.482 e. The quantitative estimate of drug-likeness (QED) is 0.858. The van der Waals surface area contributed by atoms with E-state index in [0.717, 1.165) is 19.4 Å². The molecule has 1 heterocycles. The number of hydrogen-bond donors (Lipinski definition) is 1. The van der Waals surface area contributed by atoms with Crippen LogP contribution in [-0.4, -0.2) is 54.8 Å². The molecule has 1 aliphatic rings. The number of carboxylic acid groups (broad SMARTS) is 1. The molecule has 0 unspecified atom stereocenters. The predicted octanol–water partition coefficient (Wildman–Crippen LogP) is 1.40. The number of hydrogen-bond acceptors (Lipinski definition) is 4. The summed E-state index contributed by atoms with van der Waals surface area (Å²) in [6.07, 6.45) is 2.11. The molecule has 0 saturated carbocycles. The molecule has 6 nitrogen and oxygen atoms in total. The van der Waals surface area contributed by atoms with Crippen LogP contribution in [0.4, 0.5) is 0 Å². The number of aliphatic carboxylic acids is 1. The van der Waals surface area contributed by atoms with Crippen LogP contribution in [0.3, 0.4) is 0 Å². The van der Waals surface area contributed by atoms with Gasteiger partial charge in [-0.2, -0.15) is 0 Å². The maximum atomic E-state index is 12.3. The minimum atomic E-state index is -1.05. The summed E-state index contributed by atoms with van der Waals surface area (Å²) in [7, 11) is 1.73. The summed E-state index contributed by atoms with van der Waals surface area (Å²) >= 11 is 0. The van der Waals surface area contributed by atoms with Gasteiger partial charge in [-0.25, -0.2) is 4.79 Å². The highest BCUT2D eigenvalue weighted by Gasteiger charge is 2.21. The molecule has 114 valence electrons. The molecule has 6 heteroatoms. The van der Waals surface area contributed by atoms with Crippen LogP contribution in [0.15, 0.2) is 24.3 Å². The molecule has 1 aromatic carbocycles. The molecule has 0 aliphatic carbocycles. The molecule has 0 spiro atoms. The second-order valence-corrected chi connectivity index (χ2v) is 5.03. The Bertz CT molecular complexity index is 511. The van der Waals surface area contributed by atoms with Crippen molar-refractivity contribution in [2.45, 2.75) is 18.9 Å². The largest absolute Gasteiger partial charge is 0.482 e. The van der Waals surface area contributed by atoms with Gasteiger partial charge in [0.2, 0.25) is 0 Å². The van der Waals surface area contributed by atoms with Crippen molar-refractivity contribution in [3.63, 3.8) is 0 Å². The van der Waals surface area contributed by atoms with Crippen LogP contribution in [0.5, 0.6) is 5.75 Å². The highest BCUT2D eigenvalue weighted by atomic mass is 16.5. The number of amides is 1. The number of rotatable bonds is 6. The Balaban J connectivity index is 1.97. The second kappa shape index (κ2) is 7.08. The van der Waals surface area contributed by atoms with E-state index in [4.69, 9.17) is 14.6 Å². The monoisotopic (exact) mass is 293 g/mol. The van der Waals surface area contributed by atoms with Gasteiger partial charge in [0.1, 0.15) is 5.75 Å². The fourth-order valence-electron chi connectivity index (χ4n) is 2.26. The lowest BCUT2D eigenvalue weighted by atomic mass is 10.1. The number of likely N-dealkylation sites (N-methyl/N-ethyl adjacent to an activating group) is 1. The summed E-state index contributed by atoms with van der Waals surface area (Å²) in [6.45, 7) is 0.883. The Morgan fingerprint density at radius 2 is 2.29 bits per heavy atom. The zero-order chi connectivity index (χ0) is 15.2. The van der Waals surface area contributed by atoms with Crippen LogP contribution in [0.25, 0.3) is 0 Å². The van der Waals surface area contributed by atoms with Crippen LogP contribution in [0.1, 0.15) is 23.2 Å². The van der Waals surface area contributed by atoms with Gasteiger partial charge < -0.3 is 19.5 Å². The predicted molar refractivity (Wildman–Crippen MR) is 75.5 cm³/mol. The zero-order valence-electron chi connectivity index (χ0n) is 11.9. The molecule has 2 rings (SSSR count). The van der Waals surface area contributed by atoms with Crippen molar-refractivity contribution in [3.8, 4) is 5.75 Å². The van der Waals surface area contributed by atoms with Crippen LogP contribution in [0, 0.1) is 0 Å². The van der Waals surface area contributed by atoms with Crippen LogP contribution in [0.2, 0.25) is 0 Å². The maximum absolute atomic E-state index is 12.3. The van der Waals surface area contributed by atoms with Crippen LogP contribution >= 0.6 is 0 Å². The molecular formula is C15H19NO5. The summed E-state index contributed by atoms with van der Waals surface area (Å²) in [6, 6.07) is 6.53. The molecule has 1 saturated heterocycles. The number of benzene rings is 1. The van der Waals surface area contributed by atoms with E-state index in [9.17, 15) is 9.59 Å². The average molecular weight is 293 g/mol. The SMILES string of the molecule is CN(C[C@@H]1CCCO1)C(=O)c1cccc(OCC(=O)O)c1. The first kappa shape index (κ1) is 15.3. The van der Waals surface area contributed by atoms with Gasteiger partial charge in [0.15, 0.2) is 6.61 Å². The Hall–Kier alpha value is -2.08. The Morgan fingerprint density at radius 3 is 2.95 bits per heavy atom. The fourth-order valence-corrected chi connectivity index (χ4v) is 2.26. The first-order valence-electron chi connectivity index (χ1n) is 6.88. The van der Waals surface area contributed by atoms with Gasteiger partial charge in [0.05, 0.1) is 6.10 Å². The molecule has 1 aliphatic heterocycles. The van der Waals surface area contributed by atoms with Crippen molar-refractivity contribution in [3.05, 3.63) is 29.8 Å². The molecular weight excluding hydrogens is 274 g/mol. The average Bonchev–Trinajstić information content (AvgIpc) is 2.97. The maximum Gasteiger partial charge on any atom is 0.341 e. The third-order valence-electron chi connectivity index (χ3n) is 3.29.